The van der Waals surface area contributed by atoms with Gasteiger partial charge in [-0.15, -0.1) is 5.10 Å². The maximum absolute atomic E-state index is 13.2. The number of aromatic nitrogens is 5. The van der Waals surface area contributed by atoms with Crippen molar-refractivity contribution >= 4 is 22.7 Å². The van der Waals surface area contributed by atoms with Gasteiger partial charge in [0.25, 0.3) is 5.56 Å². The predicted molar refractivity (Wildman–Crippen MR) is 122 cm³/mol. The van der Waals surface area contributed by atoms with Crippen molar-refractivity contribution < 1.29 is 0 Å². The van der Waals surface area contributed by atoms with Crippen LogP contribution in [0.5, 0.6) is 0 Å². The topological polar surface area (TPSA) is 65.6 Å². The Labute approximate surface area is 183 Å². The van der Waals surface area contributed by atoms with Crippen molar-refractivity contribution in [3.05, 3.63) is 113 Å². The second-order valence-electron chi connectivity index (χ2n) is 7.07. The summed E-state index contributed by atoms with van der Waals surface area (Å²) in [6, 6.07) is 27.3. The Morgan fingerprint density at radius 3 is 2.35 bits per heavy atom. The minimum Gasteiger partial charge on any atom is -0.283 e. The van der Waals surface area contributed by atoms with Gasteiger partial charge in [0.15, 0.2) is 5.16 Å². The Hall–Kier alpha value is -3.71. The molecule has 5 aromatic rings. The summed E-state index contributed by atoms with van der Waals surface area (Å²) in [7, 11) is 0. The van der Waals surface area contributed by atoms with Gasteiger partial charge in [-0.05, 0) is 29.8 Å². The van der Waals surface area contributed by atoms with Gasteiger partial charge in [-0.2, -0.15) is 0 Å². The van der Waals surface area contributed by atoms with Crippen LogP contribution in [0, 0.1) is 0 Å². The van der Waals surface area contributed by atoms with Crippen LogP contribution in [-0.2, 0) is 12.3 Å². The zero-order valence-corrected chi connectivity index (χ0v) is 17.4. The molecule has 6 nitrogen and oxygen atoms in total. The van der Waals surface area contributed by atoms with Gasteiger partial charge in [-0.1, -0.05) is 77.6 Å². The SMILES string of the molecule is O=c1c2ccccc2nc(SCc2cn(-c3ccccc3)nn2)n1Cc1ccccc1. The lowest BCUT2D eigenvalue weighted by molar-refractivity contribution is 0.658. The van der Waals surface area contributed by atoms with Gasteiger partial charge in [-0.3, -0.25) is 9.36 Å². The number of thioether (sulfide) groups is 1. The Bertz CT molecular complexity index is 1380. The molecule has 7 heteroatoms. The summed E-state index contributed by atoms with van der Waals surface area (Å²) in [6.07, 6.45) is 1.91. The second-order valence-corrected chi connectivity index (χ2v) is 8.01. The Kier molecular flexibility index (Phi) is 5.33. The predicted octanol–water partition coefficient (Wildman–Crippen LogP) is 4.32. The molecule has 0 N–H and O–H groups in total. The summed E-state index contributed by atoms with van der Waals surface area (Å²) in [6.45, 7) is 0.469. The van der Waals surface area contributed by atoms with Gasteiger partial charge in [-0.25, -0.2) is 9.67 Å². The maximum Gasteiger partial charge on any atom is 0.262 e. The molecule has 0 unspecified atom stereocenters. The van der Waals surface area contributed by atoms with E-state index < -0.39 is 0 Å². The smallest absolute Gasteiger partial charge is 0.262 e. The van der Waals surface area contributed by atoms with E-state index in [1.165, 1.54) is 11.8 Å². The summed E-state index contributed by atoms with van der Waals surface area (Å²) in [5, 5.41) is 9.80. The van der Waals surface area contributed by atoms with Crippen LogP contribution in [0.4, 0.5) is 0 Å². The van der Waals surface area contributed by atoms with Crippen molar-refractivity contribution in [3.63, 3.8) is 0 Å². The molecule has 0 atom stereocenters. The molecule has 0 aliphatic carbocycles. The molecule has 5 rings (SSSR count). The van der Waals surface area contributed by atoms with E-state index in [-0.39, 0.29) is 5.56 Å². The number of hydrogen-bond donors (Lipinski definition) is 0. The number of nitrogens with zero attached hydrogens (tertiary/aromatic N) is 5. The molecule has 0 spiro atoms. The van der Waals surface area contributed by atoms with Crippen LogP contribution in [0.1, 0.15) is 11.3 Å². The van der Waals surface area contributed by atoms with Gasteiger partial charge >= 0.3 is 0 Å². The Morgan fingerprint density at radius 1 is 0.839 bits per heavy atom. The maximum atomic E-state index is 13.2. The molecule has 0 aliphatic heterocycles. The third-order valence-corrected chi connectivity index (χ3v) is 5.93. The quantitative estimate of drug-likeness (QED) is 0.299. The van der Waals surface area contributed by atoms with E-state index in [1.54, 1.807) is 9.25 Å². The lowest BCUT2D eigenvalue weighted by Crippen LogP contribution is -2.24. The van der Waals surface area contributed by atoms with Crippen molar-refractivity contribution in [3.8, 4) is 5.69 Å². The zero-order chi connectivity index (χ0) is 21.0. The van der Waals surface area contributed by atoms with E-state index in [0.29, 0.717) is 28.4 Å². The molecule has 0 bridgehead atoms. The molecule has 31 heavy (non-hydrogen) atoms. The first kappa shape index (κ1) is 19.3. The van der Waals surface area contributed by atoms with Gasteiger partial charge in [0, 0.05) is 5.75 Å². The molecular weight excluding hydrogens is 406 g/mol. The highest BCUT2D eigenvalue weighted by molar-refractivity contribution is 7.98. The number of hydrogen-bond acceptors (Lipinski definition) is 5. The molecule has 0 aliphatic rings. The molecule has 0 radical (unpaired) electrons. The van der Waals surface area contributed by atoms with Gasteiger partial charge in [0.05, 0.1) is 35.0 Å². The second kappa shape index (κ2) is 8.57. The highest BCUT2D eigenvalue weighted by Crippen LogP contribution is 2.22. The molecule has 0 fully saturated rings. The van der Waals surface area contributed by atoms with Crippen LogP contribution >= 0.6 is 11.8 Å². The minimum absolute atomic E-state index is 0.0371. The summed E-state index contributed by atoms with van der Waals surface area (Å²) in [5.74, 6) is 0.562. The van der Waals surface area contributed by atoms with Crippen LogP contribution in [0.2, 0.25) is 0 Å². The van der Waals surface area contributed by atoms with E-state index in [0.717, 1.165) is 16.9 Å². The first-order valence-electron chi connectivity index (χ1n) is 9.91. The fourth-order valence-corrected chi connectivity index (χ4v) is 4.25. The molecule has 0 saturated heterocycles. The van der Waals surface area contributed by atoms with Gasteiger partial charge in [0.2, 0.25) is 0 Å². The highest BCUT2D eigenvalue weighted by Gasteiger charge is 2.13. The molecule has 2 heterocycles. The van der Waals surface area contributed by atoms with Crippen LogP contribution in [0.15, 0.2) is 101 Å². The van der Waals surface area contributed by atoms with Crippen molar-refractivity contribution in [1.29, 1.82) is 0 Å². The number of fused-ring (bicyclic) bond motifs is 1. The van der Waals surface area contributed by atoms with Crippen LogP contribution < -0.4 is 5.56 Å². The van der Waals surface area contributed by atoms with Gasteiger partial charge in [0.1, 0.15) is 0 Å². The minimum atomic E-state index is -0.0371. The lowest BCUT2D eigenvalue weighted by atomic mass is 10.2. The molecular formula is C24H19N5OS. The van der Waals surface area contributed by atoms with Gasteiger partial charge < -0.3 is 0 Å². The molecule has 152 valence electrons. The van der Waals surface area contributed by atoms with Crippen LogP contribution in [0.25, 0.3) is 16.6 Å². The van der Waals surface area contributed by atoms with Crippen molar-refractivity contribution in [2.24, 2.45) is 0 Å². The molecule has 2 aromatic heterocycles. The number of rotatable bonds is 6. The third kappa shape index (κ3) is 4.13. The van der Waals surface area contributed by atoms with Crippen LogP contribution in [0.3, 0.4) is 0 Å². The zero-order valence-electron chi connectivity index (χ0n) is 16.6. The summed E-state index contributed by atoms with van der Waals surface area (Å²) in [5.41, 5.74) is 3.49. The van der Waals surface area contributed by atoms with Crippen molar-refractivity contribution in [1.82, 2.24) is 24.5 Å². The van der Waals surface area contributed by atoms with Crippen molar-refractivity contribution in [2.75, 3.05) is 0 Å². The lowest BCUT2D eigenvalue weighted by Gasteiger charge is -2.13. The first-order chi connectivity index (χ1) is 15.3. The first-order valence-corrected chi connectivity index (χ1v) is 10.9. The molecule has 0 amide bonds. The standard InChI is InChI=1S/C24H19N5OS/c30-23-21-13-7-8-14-22(21)25-24(28(23)15-18-9-3-1-4-10-18)31-17-19-16-29(27-26-19)20-11-5-2-6-12-20/h1-14,16H,15,17H2. The van der Waals surface area contributed by atoms with E-state index in [2.05, 4.69) is 10.3 Å². The largest absolute Gasteiger partial charge is 0.283 e. The molecule has 3 aromatic carbocycles. The monoisotopic (exact) mass is 425 g/mol. The summed E-state index contributed by atoms with van der Waals surface area (Å²) < 4.78 is 3.49. The fraction of sp³-hybridized carbons (Fsp3) is 0.0833. The fourth-order valence-electron chi connectivity index (χ4n) is 3.37. The van der Waals surface area contributed by atoms with E-state index in [1.807, 2.05) is 91.1 Å². The molecule has 0 saturated carbocycles. The average Bonchev–Trinajstić information content (AvgIpc) is 3.30. The van der Waals surface area contributed by atoms with E-state index >= 15 is 0 Å². The van der Waals surface area contributed by atoms with Crippen molar-refractivity contribution in [2.45, 2.75) is 17.5 Å². The Balaban J connectivity index is 1.47. The summed E-state index contributed by atoms with van der Waals surface area (Å²) in [4.78, 5) is 18.0. The van der Waals surface area contributed by atoms with E-state index in [9.17, 15) is 4.79 Å². The van der Waals surface area contributed by atoms with E-state index in [4.69, 9.17) is 4.98 Å². The number of benzene rings is 3. The third-order valence-electron chi connectivity index (χ3n) is 4.92. The van der Waals surface area contributed by atoms with Crippen LogP contribution in [-0.4, -0.2) is 24.5 Å². The average molecular weight is 426 g/mol. The highest BCUT2D eigenvalue weighted by atomic mass is 32.2. The Morgan fingerprint density at radius 2 is 1.55 bits per heavy atom. The number of para-hydroxylation sites is 2. The summed E-state index contributed by atoms with van der Waals surface area (Å²) >= 11 is 1.49. The normalized spacial score (nSPS) is 11.1.